The zero-order chi connectivity index (χ0) is 20.4. The second kappa shape index (κ2) is 7.94. The van der Waals surface area contributed by atoms with Crippen LogP contribution in [0.5, 0.6) is 0 Å². The summed E-state index contributed by atoms with van der Waals surface area (Å²) in [6.07, 6.45) is 0. The van der Waals surface area contributed by atoms with Crippen molar-refractivity contribution in [1.82, 2.24) is 4.90 Å². The smallest absolute Gasteiger partial charge is 0.278 e. The number of hydrogen-bond acceptors (Lipinski definition) is 3. The van der Waals surface area contributed by atoms with Crippen LogP contribution in [0.2, 0.25) is 5.02 Å². The van der Waals surface area contributed by atoms with Crippen LogP contribution in [0.1, 0.15) is 16.7 Å². The number of carbonyl (C=O) groups excluding carboxylic acids is 2. The Morgan fingerprint density at radius 2 is 1.48 bits per heavy atom. The third-order valence-electron chi connectivity index (χ3n) is 4.89. The Morgan fingerprint density at radius 3 is 2.17 bits per heavy atom. The number of para-hydroxylation sites is 1. The van der Waals surface area contributed by atoms with Crippen molar-refractivity contribution in [3.05, 3.63) is 106 Å². The van der Waals surface area contributed by atoms with E-state index in [0.717, 1.165) is 16.8 Å². The Kier molecular flexibility index (Phi) is 5.19. The molecule has 5 heteroatoms. The Balaban J connectivity index is 1.76. The molecule has 4 rings (SSSR count). The van der Waals surface area contributed by atoms with Crippen LogP contribution >= 0.6 is 11.6 Å². The molecule has 2 amide bonds. The van der Waals surface area contributed by atoms with Gasteiger partial charge in [0.25, 0.3) is 11.8 Å². The third kappa shape index (κ3) is 3.80. The summed E-state index contributed by atoms with van der Waals surface area (Å²) in [5, 5.41) is 3.77. The molecule has 0 fully saturated rings. The quantitative estimate of drug-likeness (QED) is 0.608. The van der Waals surface area contributed by atoms with E-state index in [2.05, 4.69) is 5.32 Å². The summed E-state index contributed by atoms with van der Waals surface area (Å²) in [6.45, 7) is 2.17. The predicted octanol–water partition coefficient (Wildman–Crippen LogP) is 5.04. The first-order valence-electron chi connectivity index (χ1n) is 9.27. The van der Waals surface area contributed by atoms with E-state index in [1.807, 2.05) is 61.5 Å². The molecule has 0 aliphatic carbocycles. The van der Waals surface area contributed by atoms with Crippen LogP contribution in [-0.4, -0.2) is 16.7 Å². The largest absolute Gasteiger partial charge is 0.350 e. The molecule has 0 atom stereocenters. The number of imide groups is 1. The first-order valence-corrected chi connectivity index (χ1v) is 9.65. The zero-order valence-electron chi connectivity index (χ0n) is 15.9. The number of anilines is 1. The average molecular weight is 403 g/mol. The highest BCUT2D eigenvalue weighted by molar-refractivity contribution is 6.36. The number of amides is 2. The number of benzene rings is 3. The number of carbonyl (C=O) groups is 2. The first kappa shape index (κ1) is 19.0. The third-order valence-corrected chi connectivity index (χ3v) is 5.14. The van der Waals surface area contributed by atoms with Crippen LogP contribution in [0.15, 0.2) is 84.6 Å². The Bertz CT molecular complexity index is 1110. The van der Waals surface area contributed by atoms with Crippen molar-refractivity contribution in [2.45, 2.75) is 13.5 Å². The molecule has 0 bridgehead atoms. The number of nitrogens with zero attached hydrogens (tertiary/aromatic N) is 1. The van der Waals surface area contributed by atoms with Crippen molar-refractivity contribution >= 4 is 34.7 Å². The van der Waals surface area contributed by atoms with Gasteiger partial charge < -0.3 is 5.32 Å². The van der Waals surface area contributed by atoms with E-state index in [0.29, 0.717) is 16.2 Å². The minimum absolute atomic E-state index is 0.217. The van der Waals surface area contributed by atoms with Gasteiger partial charge in [-0.15, -0.1) is 0 Å². The molecule has 0 saturated carbocycles. The fourth-order valence-electron chi connectivity index (χ4n) is 3.33. The van der Waals surface area contributed by atoms with Crippen LogP contribution in [0.3, 0.4) is 0 Å². The molecule has 0 aromatic heterocycles. The fraction of sp³-hybridized carbons (Fsp3) is 0.0833. The molecule has 0 unspecified atom stereocenters. The molecular weight excluding hydrogens is 384 g/mol. The van der Waals surface area contributed by atoms with Crippen LogP contribution < -0.4 is 5.32 Å². The summed E-state index contributed by atoms with van der Waals surface area (Å²) >= 11 is 6.01. The molecule has 0 spiro atoms. The topological polar surface area (TPSA) is 49.4 Å². The van der Waals surface area contributed by atoms with E-state index in [-0.39, 0.29) is 24.1 Å². The lowest BCUT2D eigenvalue weighted by molar-refractivity contribution is -0.137. The SMILES string of the molecule is Cc1ccccc1NC1=C(c2ccc(Cl)cc2)C(=O)N(Cc2ccccc2)C1=O. The first-order chi connectivity index (χ1) is 14.0. The van der Waals surface area contributed by atoms with Crippen molar-refractivity contribution in [3.63, 3.8) is 0 Å². The van der Waals surface area contributed by atoms with Gasteiger partial charge in [0.2, 0.25) is 0 Å². The van der Waals surface area contributed by atoms with Gasteiger partial charge in [-0.25, -0.2) is 0 Å². The van der Waals surface area contributed by atoms with Gasteiger partial charge in [0, 0.05) is 10.7 Å². The van der Waals surface area contributed by atoms with Crippen molar-refractivity contribution in [2.24, 2.45) is 0 Å². The number of rotatable bonds is 5. The van der Waals surface area contributed by atoms with E-state index in [1.54, 1.807) is 24.3 Å². The average Bonchev–Trinajstić information content (AvgIpc) is 2.95. The molecule has 0 saturated heterocycles. The highest BCUT2D eigenvalue weighted by Crippen LogP contribution is 2.32. The van der Waals surface area contributed by atoms with E-state index in [4.69, 9.17) is 11.6 Å². The number of aryl methyl sites for hydroxylation is 1. The van der Waals surface area contributed by atoms with Gasteiger partial charge in [0.15, 0.2) is 0 Å². The minimum atomic E-state index is -0.341. The maximum atomic E-state index is 13.3. The van der Waals surface area contributed by atoms with Gasteiger partial charge in [0.1, 0.15) is 5.70 Å². The lowest BCUT2D eigenvalue weighted by atomic mass is 10.0. The molecule has 144 valence electrons. The summed E-state index contributed by atoms with van der Waals surface area (Å²) in [5.41, 5.74) is 3.95. The second-order valence-corrected chi connectivity index (χ2v) is 7.32. The molecule has 4 nitrogen and oxygen atoms in total. The summed E-state index contributed by atoms with van der Waals surface area (Å²) in [4.78, 5) is 27.8. The highest BCUT2D eigenvalue weighted by Gasteiger charge is 2.39. The molecule has 1 aliphatic rings. The second-order valence-electron chi connectivity index (χ2n) is 6.88. The Labute approximate surface area is 174 Å². The molecule has 3 aromatic carbocycles. The molecule has 1 heterocycles. The summed E-state index contributed by atoms with van der Waals surface area (Å²) < 4.78 is 0. The van der Waals surface area contributed by atoms with Crippen LogP contribution in [0, 0.1) is 6.92 Å². The van der Waals surface area contributed by atoms with Gasteiger partial charge in [0.05, 0.1) is 12.1 Å². The van der Waals surface area contributed by atoms with Gasteiger partial charge in [-0.3, -0.25) is 14.5 Å². The maximum absolute atomic E-state index is 13.3. The molecule has 3 aromatic rings. The number of hydrogen-bond donors (Lipinski definition) is 1. The highest BCUT2D eigenvalue weighted by atomic mass is 35.5. The van der Waals surface area contributed by atoms with Crippen molar-refractivity contribution in [2.75, 3.05) is 5.32 Å². The maximum Gasteiger partial charge on any atom is 0.278 e. The van der Waals surface area contributed by atoms with E-state index in [9.17, 15) is 9.59 Å². The number of nitrogens with one attached hydrogen (secondary N) is 1. The molecule has 1 N–H and O–H groups in total. The summed E-state index contributed by atoms with van der Waals surface area (Å²) in [6, 6.07) is 24.1. The van der Waals surface area contributed by atoms with Crippen molar-refractivity contribution in [3.8, 4) is 0 Å². The van der Waals surface area contributed by atoms with Crippen LogP contribution in [0.4, 0.5) is 5.69 Å². The number of halogens is 1. The summed E-state index contributed by atoms with van der Waals surface area (Å²) in [5.74, 6) is -0.663. The van der Waals surface area contributed by atoms with E-state index < -0.39 is 0 Å². The van der Waals surface area contributed by atoms with Gasteiger partial charge in [-0.05, 0) is 41.8 Å². The summed E-state index contributed by atoms with van der Waals surface area (Å²) in [7, 11) is 0. The van der Waals surface area contributed by atoms with Gasteiger partial charge in [-0.2, -0.15) is 0 Å². The predicted molar refractivity (Wildman–Crippen MR) is 115 cm³/mol. The molecule has 29 heavy (non-hydrogen) atoms. The van der Waals surface area contributed by atoms with Crippen molar-refractivity contribution < 1.29 is 9.59 Å². The fourth-order valence-corrected chi connectivity index (χ4v) is 3.46. The lowest BCUT2D eigenvalue weighted by Gasteiger charge is -2.15. The standard InChI is InChI=1S/C24H19ClN2O2/c1-16-7-5-6-10-20(16)26-22-21(18-11-13-19(25)14-12-18)23(28)27(24(22)29)15-17-8-3-2-4-9-17/h2-14,26H,15H2,1H3. The van der Waals surface area contributed by atoms with Crippen LogP contribution in [-0.2, 0) is 16.1 Å². The Hall–Kier alpha value is -3.37. The van der Waals surface area contributed by atoms with E-state index in [1.165, 1.54) is 4.90 Å². The van der Waals surface area contributed by atoms with Gasteiger partial charge in [-0.1, -0.05) is 72.3 Å². The molecule has 1 aliphatic heterocycles. The minimum Gasteiger partial charge on any atom is -0.350 e. The van der Waals surface area contributed by atoms with Crippen molar-refractivity contribution in [1.29, 1.82) is 0 Å². The van der Waals surface area contributed by atoms with E-state index >= 15 is 0 Å². The normalized spacial score (nSPS) is 13.9. The lowest BCUT2D eigenvalue weighted by Crippen LogP contribution is -2.32. The van der Waals surface area contributed by atoms with Gasteiger partial charge >= 0.3 is 0 Å². The monoisotopic (exact) mass is 402 g/mol. The molecular formula is C24H19ClN2O2. The Morgan fingerprint density at radius 1 is 0.828 bits per heavy atom. The molecule has 0 radical (unpaired) electrons. The zero-order valence-corrected chi connectivity index (χ0v) is 16.6. The van der Waals surface area contributed by atoms with Crippen LogP contribution in [0.25, 0.3) is 5.57 Å².